The van der Waals surface area contributed by atoms with E-state index in [4.69, 9.17) is 9.47 Å². The molecule has 1 aromatic rings. The molecule has 0 unspecified atom stereocenters. The minimum Gasteiger partial charge on any atom is -0.431 e. The second kappa shape index (κ2) is 4.50. The zero-order valence-corrected chi connectivity index (χ0v) is 7.69. The summed E-state index contributed by atoms with van der Waals surface area (Å²) < 4.78 is 9.66. The Balaban J connectivity index is 2.46. The maximum absolute atomic E-state index is 11.0. The van der Waals surface area contributed by atoms with Gasteiger partial charge < -0.3 is 9.47 Å². The van der Waals surface area contributed by atoms with Crippen LogP contribution in [0.5, 0.6) is 5.75 Å². The van der Waals surface area contributed by atoms with Crippen LogP contribution < -0.4 is 4.74 Å². The van der Waals surface area contributed by atoms with Crippen LogP contribution in [0.25, 0.3) is 0 Å². The molecule has 0 aromatic heterocycles. The predicted octanol–water partition coefficient (Wildman–Crippen LogP) is 2.61. The Morgan fingerprint density at radius 2 is 1.85 bits per heavy atom. The number of para-hydroxylation sites is 1. The number of hydrogen-bond donors (Lipinski definition) is 0. The van der Waals surface area contributed by atoms with Crippen LogP contribution in [-0.4, -0.2) is 12.3 Å². The zero-order chi connectivity index (χ0) is 9.68. The Morgan fingerprint density at radius 1 is 1.23 bits per heavy atom. The topological polar surface area (TPSA) is 35.5 Å². The summed E-state index contributed by atoms with van der Waals surface area (Å²) in [5.41, 5.74) is 0. The molecule has 70 valence electrons. The van der Waals surface area contributed by atoms with Crippen molar-refractivity contribution in [1.29, 1.82) is 0 Å². The second-order valence-electron chi connectivity index (χ2n) is 2.83. The van der Waals surface area contributed by atoms with E-state index in [2.05, 4.69) is 0 Å². The van der Waals surface area contributed by atoms with Crippen molar-refractivity contribution in [3.63, 3.8) is 0 Å². The Kier molecular flexibility index (Phi) is 3.31. The summed E-state index contributed by atoms with van der Waals surface area (Å²) in [5, 5.41) is 0. The lowest BCUT2D eigenvalue weighted by Crippen LogP contribution is -2.15. The molecule has 0 fully saturated rings. The average Bonchev–Trinajstić information content (AvgIpc) is 2.04. The SMILES string of the molecule is CC(C)OC(=O)Oc1ccccc1. The van der Waals surface area contributed by atoms with Crippen molar-refractivity contribution in [2.75, 3.05) is 0 Å². The predicted molar refractivity (Wildman–Crippen MR) is 48.7 cm³/mol. The highest BCUT2D eigenvalue weighted by atomic mass is 16.7. The minimum absolute atomic E-state index is 0.156. The Bertz CT molecular complexity index is 267. The summed E-state index contributed by atoms with van der Waals surface area (Å²) in [5.74, 6) is 0.494. The van der Waals surface area contributed by atoms with Gasteiger partial charge in [0.1, 0.15) is 5.75 Å². The van der Waals surface area contributed by atoms with Gasteiger partial charge in [-0.05, 0) is 26.0 Å². The van der Waals surface area contributed by atoms with Gasteiger partial charge >= 0.3 is 6.16 Å². The van der Waals surface area contributed by atoms with Gasteiger partial charge in [-0.1, -0.05) is 18.2 Å². The standard InChI is InChI=1S/C10H12O3/c1-8(2)12-10(11)13-9-6-4-3-5-7-9/h3-8H,1-2H3. The molecule has 0 N–H and O–H groups in total. The summed E-state index contributed by atoms with van der Waals surface area (Å²) in [6, 6.07) is 8.82. The van der Waals surface area contributed by atoms with Crippen LogP contribution in [-0.2, 0) is 4.74 Å². The fraction of sp³-hybridized carbons (Fsp3) is 0.300. The molecular weight excluding hydrogens is 168 g/mol. The van der Waals surface area contributed by atoms with E-state index < -0.39 is 6.16 Å². The zero-order valence-electron chi connectivity index (χ0n) is 7.69. The van der Waals surface area contributed by atoms with Gasteiger partial charge in [-0.3, -0.25) is 0 Å². The van der Waals surface area contributed by atoms with Gasteiger partial charge in [-0.25, -0.2) is 4.79 Å². The first kappa shape index (κ1) is 9.58. The number of hydrogen-bond acceptors (Lipinski definition) is 3. The first-order chi connectivity index (χ1) is 6.18. The average molecular weight is 180 g/mol. The van der Waals surface area contributed by atoms with Gasteiger partial charge in [-0.15, -0.1) is 0 Å². The minimum atomic E-state index is -0.666. The van der Waals surface area contributed by atoms with Crippen LogP contribution in [0.4, 0.5) is 4.79 Å². The summed E-state index contributed by atoms with van der Waals surface area (Å²) >= 11 is 0. The molecule has 1 rings (SSSR count). The molecular formula is C10H12O3. The molecule has 3 heteroatoms. The monoisotopic (exact) mass is 180 g/mol. The number of carbonyl (C=O) groups is 1. The van der Waals surface area contributed by atoms with Crippen LogP contribution >= 0.6 is 0 Å². The molecule has 0 aliphatic carbocycles. The molecule has 0 spiro atoms. The van der Waals surface area contributed by atoms with Gasteiger partial charge in [0, 0.05) is 0 Å². The van der Waals surface area contributed by atoms with Gasteiger partial charge in [0.05, 0.1) is 6.10 Å². The highest BCUT2D eigenvalue weighted by molar-refractivity contribution is 5.63. The molecule has 0 aliphatic rings. The van der Waals surface area contributed by atoms with Crippen molar-refractivity contribution < 1.29 is 14.3 Å². The van der Waals surface area contributed by atoms with Crippen LogP contribution in [0.15, 0.2) is 30.3 Å². The Morgan fingerprint density at radius 3 is 2.38 bits per heavy atom. The van der Waals surface area contributed by atoms with Crippen molar-refractivity contribution in [1.82, 2.24) is 0 Å². The van der Waals surface area contributed by atoms with Crippen molar-refractivity contribution in [2.24, 2.45) is 0 Å². The maximum atomic E-state index is 11.0. The molecule has 1 aromatic carbocycles. The molecule has 0 aliphatic heterocycles. The molecule has 0 bridgehead atoms. The van der Waals surface area contributed by atoms with E-state index >= 15 is 0 Å². The van der Waals surface area contributed by atoms with E-state index in [9.17, 15) is 4.79 Å². The smallest absolute Gasteiger partial charge is 0.431 e. The van der Waals surface area contributed by atoms with E-state index in [1.807, 2.05) is 6.07 Å². The summed E-state index contributed by atoms with van der Waals surface area (Å²) in [6.45, 7) is 3.54. The van der Waals surface area contributed by atoms with Crippen LogP contribution in [0, 0.1) is 0 Å². The van der Waals surface area contributed by atoms with Gasteiger partial charge in [-0.2, -0.15) is 0 Å². The van der Waals surface area contributed by atoms with E-state index in [0.29, 0.717) is 5.75 Å². The fourth-order valence-corrected chi connectivity index (χ4v) is 0.801. The first-order valence-electron chi connectivity index (χ1n) is 4.12. The molecule has 13 heavy (non-hydrogen) atoms. The third-order valence-corrected chi connectivity index (χ3v) is 1.28. The molecule has 0 amide bonds. The molecule has 0 heterocycles. The lowest BCUT2D eigenvalue weighted by atomic mass is 10.3. The summed E-state index contributed by atoms with van der Waals surface area (Å²) in [4.78, 5) is 11.0. The number of benzene rings is 1. The first-order valence-corrected chi connectivity index (χ1v) is 4.12. The third kappa shape index (κ3) is 3.60. The Hall–Kier alpha value is -1.51. The highest BCUT2D eigenvalue weighted by Crippen LogP contribution is 2.09. The van der Waals surface area contributed by atoms with Crippen molar-refractivity contribution in [3.05, 3.63) is 30.3 Å². The number of ether oxygens (including phenoxy) is 2. The van der Waals surface area contributed by atoms with Crippen molar-refractivity contribution in [2.45, 2.75) is 20.0 Å². The van der Waals surface area contributed by atoms with Gasteiger partial charge in [0.25, 0.3) is 0 Å². The largest absolute Gasteiger partial charge is 0.514 e. The quantitative estimate of drug-likeness (QED) is 0.518. The molecule has 0 saturated heterocycles. The van der Waals surface area contributed by atoms with Gasteiger partial charge in [0.2, 0.25) is 0 Å². The van der Waals surface area contributed by atoms with E-state index in [1.165, 1.54) is 0 Å². The molecule has 0 atom stereocenters. The van der Waals surface area contributed by atoms with E-state index in [-0.39, 0.29) is 6.10 Å². The van der Waals surface area contributed by atoms with Crippen LogP contribution in [0.2, 0.25) is 0 Å². The summed E-state index contributed by atoms with van der Waals surface area (Å²) in [6.07, 6.45) is -0.822. The van der Waals surface area contributed by atoms with Crippen molar-refractivity contribution >= 4 is 6.16 Å². The lowest BCUT2D eigenvalue weighted by molar-refractivity contribution is 0.0729. The van der Waals surface area contributed by atoms with E-state index in [0.717, 1.165) is 0 Å². The molecule has 0 radical (unpaired) electrons. The normalized spacial score (nSPS) is 9.77. The van der Waals surface area contributed by atoms with Crippen molar-refractivity contribution in [3.8, 4) is 5.75 Å². The second-order valence-corrected chi connectivity index (χ2v) is 2.83. The van der Waals surface area contributed by atoms with Crippen LogP contribution in [0.1, 0.15) is 13.8 Å². The Labute approximate surface area is 77.3 Å². The van der Waals surface area contributed by atoms with Crippen LogP contribution in [0.3, 0.4) is 0 Å². The van der Waals surface area contributed by atoms with E-state index in [1.54, 1.807) is 38.1 Å². The number of carbonyl (C=O) groups excluding carboxylic acids is 1. The fourth-order valence-electron chi connectivity index (χ4n) is 0.801. The summed E-state index contributed by atoms with van der Waals surface area (Å²) in [7, 11) is 0. The lowest BCUT2D eigenvalue weighted by Gasteiger charge is -2.07. The number of rotatable bonds is 2. The third-order valence-electron chi connectivity index (χ3n) is 1.28. The molecule has 3 nitrogen and oxygen atoms in total. The molecule has 0 saturated carbocycles. The highest BCUT2D eigenvalue weighted by Gasteiger charge is 2.06. The van der Waals surface area contributed by atoms with Gasteiger partial charge in [0.15, 0.2) is 0 Å². The maximum Gasteiger partial charge on any atom is 0.514 e.